The molecular weight excluding hydrogens is 504 g/mol. The third-order valence-corrected chi connectivity index (χ3v) is 7.66. The molecule has 1 heterocycles. The Bertz CT molecular complexity index is 646. The zero-order valence-corrected chi connectivity index (χ0v) is 26.2. The molecule has 0 bridgehead atoms. The number of carbonyl (C=O) groups is 2. The third kappa shape index (κ3) is 22.3. The zero-order chi connectivity index (χ0) is 29.3. The number of hydrogen-bond acceptors (Lipinski definition) is 6. The second kappa shape index (κ2) is 25.3. The second-order valence-electron chi connectivity index (χ2n) is 12.1. The minimum absolute atomic E-state index is 0.0755. The number of aliphatic hydroxyl groups is 1. The minimum atomic E-state index is -0.776. The van der Waals surface area contributed by atoms with Crippen LogP contribution in [0.2, 0.25) is 0 Å². The maximum atomic E-state index is 12.1. The molecule has 1 fully saturated rings. The number of ether oxygens (including phenoxy) is 3. The number of aliphatic hydroxyl groups excluding tert-OH is 1. The molecule has 0 amide bonds. The summed E-state index contributed by atoms with van der Waals surface area (Å²) in [5, 5.41) is 9.49. The van der Waals surface area contributed by atoms with Gasteiger partial charge in [0, 0.05) is 12.8 Å². The van der Waals surface area contributed by atoms with Crippen LogP contribution >= 0.6 is 0 Å². The molecule has 0 saturated carbocycles. The van der Waals surface area contributed by atoms with Gasteiger partial charge in [-0.25, -0.2) is 0 Å². The molecule has 2 unspecified atom stereocenters. The van der Waals surface area contributed by atoms with Gasteiger partial charge in [0.25, 0.3) is 0 Å². The average molecular weight is 567 g/mol. The summed E-state index contributed by atoms with van der Waals surface area (Å²) in [6.45, 7) is 6.36. The van der Waals surface area contributed by atoms with Crippen molar-refractivity contribution in [2.24, 2.45) is 5.92 Å². The van der Waals surface area contributed by atoms with Gasteiger partial charge in [-0.05, 0) is 44.4 Å². The number of rotatable bonds is 28. The highest BCUT2D eigenvalue weighted by Gasteiger charge is 2.36. The van der Waals surface area contributed by atoms with Gasteiger partial charge in [-0.3, -0.25) is 9.59 Å². The number of epoxide rings is 1. The smallest absolute Gasteiger partial charge is 0.306 e. The van der Waals surface area contributed by atoms with Crippen LogP contribution in [0.3, 0.4) is 0 Å². The predicted octanol–water partition coefficient (Wildman–Crippen LogP) is 8.63. The van der Waals surface area contributed by atoms with Gasteiger partial charge >= 0.3 is 11.9 Å². The summed E-state index contributed by atoms with van der Waals surface area (Å²) in [7, 11) is 0. The molecule has 3 atom stereocenters. The van der Waals surface area contributed by atoms with Crippen LogP contribution in [-0.2, 0) is 23.8 Å². The van der Waals surface area contributed by atoms with Gasteiger partial charge in [-0.1, -0.05) is 116 Å². The molecule has 0 aromatic rings. The minimum Gasteiger partial charge on any atom is -0.462 e. The summed E-state index contributed by atoms with van der Waals surface area (Å²) >= 11 is 0. The van der Waals surface area contributed by atoms with Gasteiger partial charge < -0.3 is 19.3 Å². The van der Waals surface area contributed by atoms with Crippen molar-refractivity contribution < 1.29 is 28.9 Å². The van der Waals surface area contributed by atoms with E-state index in [0.717, 1.165) is 63.7 Å². The molecule has 234 valence electrons. The van der Waals surface area contributed by atoms with E-state index in [4.69, 9.17) is 14.2 Å². The van der Waals surface area contributed by atoms with Crippen LogP contribution in [0.25, 0.3) is 0 Å². The first kappa shape index (κ1) is 36.6. The molecule has 0 spiro atoms. The van der Waals surface area contributed by atoms with Gasteiger partial charge in [0.15, 0.2) is 6.10 Å². The molecule has 1 saturated heterocycles. The van der Waals surface area contributed by atoms with Crippen molar-refractivity contribution in [1.29, 1.82) is 0 Å². The van der Waals surface area contributed by atoms with E-state index in [2.05, 4.69) is 32.9 Å². The topological polar surface area (TPSA) is 85.4 Å². The zero-order valence-electron chi connectivity index (χ0n) is 26.2. The fraction of sp³-hybridized carbons (Fsp3) is 0.882. The lowest BCUT2D eigenvalue weighted by atomic mass is 10.0. The third-order valence-electron chi connectivity index (χ3n) is 7.66. The number of esters is 2. The van der Waals surface area contributed by atoms with Gasteiger partial charge in [0.1, 0.15) is 6.61 Å². The molecule has 1 N–H and O–H groups in total. The van der Waals surface area contributed by atoms with Gasteiger partial charge in [0.2, 0.25) is 0 Å². The number of hydrogen-bond donors (Lipinski definition) is 1. The largest absolute Gasteiger partial charge is 0.462 e. The molecule has 1 aliphatic rings. The number of unbranched alkanes of at least 4 members (excludes halogenated alkanes) is 13. The Kier molecular flexibility index (Phi) is 23.2. The van der Waals surface area contributed by atoms with Crippen molar-refractivity contribution in [2.75, 3.05) is 13.2 Å². The first-order chi connectivity index (χ1) is 19.5. The Morgan fingerprint density at radius 2 is 1.40 bits per heavy atom. The molecule has 0 aromatic carbocycles. The maximum Gasteiger partial charge on any atom is 0.306 e. The Morgan fingerprint density at radius 1 is 0.775 bits per heavy atom. The van der Waals surface area contributed by atoms with Crippen LogP contribution in [-0.4, -0.2) is 48.6 Å². The van der Waals surface area contributed by atoms with E-state index in [9.17, 15) is 14.7 Å². The van der Waals surface area contributed by atoms with Crippen molar-refractivity contribution in [2.45, 2.75) is 174 Å². The molecule has 1 aliphatic heterocycles. The molecular formula is C34H62O6. The van der Waals surface area contributed by atoms with E-state index in [-0.39, 0.29) is 25.2 Å². The van der Waals surface area contributed by atoms with E-state index in [1.807, 2.05) is 0 Å². The summed E-state index contributed by atoms with van der Waals surface area (Å²) < 4.78 is 16.3. The molecule has 40 heavy (non-hydrogen) atoms. The number of carbonyl (C=O) groups excluding carboxylic acids is 2. The quantitative estimate of drug-likeness (QED) is 0.0441. The standard InChI is InChI=1S/C34H62O6/c1-4-5-6-7-13-18-23-31-32(40-31)24-19-14-11-16-20-25-33(36)38-28-30(27-35)39-34(37)26-21-15-10-8-9-12-17-22-29(2)3/h13,18,29-32,35H,4-12,14-17,19-28H2,1-3H3/b18-13-/t30-,31?,32?/m0/s1. The van der Waals surface area contributed by atoms with Crippen molar-refractivity contribution in [3.63, 3.8) is 0 Å². The predicted molar refractivity (Wildman–Crippen MR) is 163 cm³/mol. The van der Waals surface area contributed by atoms with E-state index in [1.54, 1.807) is 0 Å². The van der Waals surface area contributed by atoms with Gasteiger partial charge in [-0.2, -0.15) is 0 Å². The molecule has 0 aromatic heterocycles. The highest BCUT2D eigenvalue weighted by atomic mass is 16.6. The van der Waals surface area contributed by atoms with Crippen LogP contribution < -0.4 is 0 Å². The lowest BCUT2D eigenvalue weighted by Crippen LogP contribution is -2.28. The average Bonchev–Trinajstić information content (AvgIpc) is 3.69. The van der Waals surface area contributed by atoms with Crippen molar-refractivity contribution >= 4 is 11.9 Å². The molecule has 0 radical (unpaired) electrons. The lowest BCUT2D eigenvalue weighted by Gasteiger charge is -2.15. The van der Waals surface area contributed by atoms with E-state index < -0.39 is 6.10 Å². The van der Waals surface area contributed by atoms with Crippen LogP contribution in [0.15, 0.2) is 12.2 Å². The lowest BCUT2D eigenvalue weighted by molar-refractivity contribution is -0.161. The monoisotopic (exact) mass is 566 g/mol. The van der Waals surface area contributed by atoms with Crippen LogP contribution in [0, 0.1) is 5.92 Å². The first-order valence-electron chi connectivity index (χ1n) is 16.7. The van der Waals surface area contributed by atoms with Crippen LogP contribution in [0.1, 0.15) is 156 Å². The van der Waals surface area contributed by atoms with E-state index >= 15 is 0 Å². The van der Waals surface area contributed by atoms with E-state index in [1.165, 1.54) is 64.2 Å². The summed E-state index contributed by atoms with van der Waals surface area (Å²) in [5.41, 5.74) is 0. The molecule has 6 heteroatoms. The van der Waals surface area contributed by atoms with Crippen LogP contribution in [0.4, 0.5) is 0 Å². The van der Waals surface area contributed by atoms with Gasteiger partial charge in [-0.15, -0.1) is 0 Å². The fourth-order valence-corrected chi connectivity index (χ4v) is 4.98. The normalized spacial score (nSPS) is 17.4. The molecule has 0 aliphatic carbocycles. The second-order valence-corrected chi connectivity index (χ2v) is 12.1. The summed E-state index contributed by atoms with van der Waals surface area (Å²) in [4.78, 5) is 24.1. The summed E-state index contributed by atoms with van der Waals surface area (Å²) in [6, 6.07) is 0. The van der Waals surface area contributed by atoms with Gasteiger partial charge in [0.05, 0.1) is 18.8 Å². The Labute approximate surface area is 246 Å². The SMILES string of the molecule is CCCCC/C=C\CC1OC1CCCCCCCC(=O)OC[C@H](CO)OC(=O)CCCCCCCCCC(C)C. The van der Waals surface area contributed by atoms with Crippen molar-refractivity contribution in [3.05, 3.63) is 12.2 Å². The summed E-state index contributed by atoms with van der Waals surface area (Å²) in [6.07, 6.45) is 27.2. The highest BCUT2D eigenvalue weighted by molar-refractivity contribution is 5.70. The van der Waals surface area contributed by atoms with E-state index in [0.29, 0.717) is 25.0 Å². The molecule has 6 nitrogen and oxygen atoms in total. The highest BCUT2D eigenvalue weighted by Crippen LogP contribution is 2.30. The molecule has 1 rings (SSSR count). The fourth-order valence-electron chi connectivity index (χ4n) is 4.98. The Hall–Kier alpha value is -1.40. The number of allylic oxidation sites excluding steroid dienone is 1. The van der Waals surface area contributed by atoms with Crippen molar-refractivity contribution in [3.8, 4) is 0 Å². The Balaban J connectivity index is 1.92. The van der Waals surface area contributed by atoms with Crippen molar-refractivity contribution in [1.82, 2.24) is 0 Å². The maximum absolute atomic E-state index is 12.1. The summed E-state index contributed by atoms with van der Waals surface area (Å²) in [5.74, 6) is 0.171. The van der Waals surface area contributed by atoms with Crippen LogP contribution in [0.5, 0.6) is 0 Å². The first-order valence-corrected chi connectivity index (χ1v) is 16.7. The Morgan fingerprint density at radius 3 is 2.05 bits per heavy atom.